The minimum absolute atomic E-state index is 0.220. The molecule has 0 rings (SSSR count). The van der Waals surface area contributed by atoms with Crippen molar-refractivity contribution in [3.05, 3.63) is 0 Å². The van der Waals surface area contributed by atoms with E-state index in [0.29, 0.717) is 39.6 Å². The highest BCUT2D eigenvalue weighted by molar-refractivity contribution is 6.63. The Bertz CT molecular complexity index is 229. The Labute approximate surface area is 130 Å². The van der Waals surface area contributed by atoms with Crippen LogP contribution >= 0.6 is 0 Å². The van der Waals surface area contributed by atoms with Gasteiger partial charge in [0, 0.05) is 39.6 Å². The molecule has 0 aliphatic carbocycles. The van der Waals surface area contributed by atoms with Gasteiger partial charge in [-0.1, -0.05) is 0 Å². The maximum atomic E-state index is 5.94. The quantitative estimate of drug-likeness (QED) is 0.361. The van der Waals surface area contributed by atoms with E-state index in [-0.39, 0.29) is 6.61 Å². The second-order valence-electron chi connectivity index (χ2n) is 4.11. The highest BCUT2D eigenvalue weighted by Gasteiger charge is 2.64. The smallest absolute Gasteiger partial charge is 0.376 e. The minimum Gasteiger partial charge on any atom is -0.376 e. The molecule has 0 heterocycles. The lowest BCUT2D eigenvalue weighted by molar-refractivity contribution is -0.243. The van der Waals surface area contributed by atoms with Gasteiger partial charge >= 0.3 is 8.80 Å². The van der Waals surface area contributed by atoms with E-state index in [2.05, 4.69) is 0 Å². The number of ether oxygens (including phenoxy) is 3. The summed E-state index contributed by atoms with van der Waals surface area (Å²) in [6.07, 6.45) is 0. The fourth-order valence-electron chi connectivity index (χ4n) is 2.12. The first-order valence-corrected chi connectivity index (χ1v) is 9.61. The second-order valence-corrected chi connectivity index (χ2v) is 6.85. The molecule has 21 heavy (non-hydrogen) atoms. The Morgan fingerprint density at radius 3 is 1.33 bits per heavy atom. The molecule has 0 spiro atoms. The molecule has 0 aromatic heterocycles. The van der Waals surface area contributed by atoms with Crippen molar-refractivity contribution in [1.82, 2.24) is 0 Å². The van der Waals surface area contributed by atoms with Crippen LogP contribution in [0.15, 0.2) is 0 Å². The maximum Gasteiger partial charge on any atom is 0.566 e. The van der Waals surface area contributed by atoms with Gasteiger partial charge < -0.3 is 27.5 Å². The summed E-state index contributed by atoms with van der Waals surface area (Å²) in [7, 11) is -3.22. The van der Waals surface area contributed by atoms with E-state index in [1.807, 2.05) is 41.5 Å². The van der Waals surface area contributed by atoms with Crippen molar-refractivity contribution in [3.8, 4) is 0 Å². The van der Waals surface area contributed by atoms with Crippen molar-refractivity contribution in [1.29, 1.82) is 0 Å². The second kappa shape index (κ2) is 11.5. The predicted molar refractivity (Wildman–Crippen MR) is 83.1 cm³/mol. The molecule has 0 saturated heterocycles. The van der Waals surface area contributed by atoms with Gasteiger partial charge in [-0.15, -0.1) is 0 Å². The topological polar surface area (TPSA) is 55.4 Å². The summed E-state index contributed by atoms with van der Waals surface area (Å²) in [4.78, 5) is 0. The molecular formula is C14H32O6Si. The molecule has 0 fully saturated rings. The summed E-state index contributed by atoms with van der Waals surface area (Å²) in [5.74, 6) is 0. The van der Waals surface area contributed by atoms with E-state index in [0.717, 1.165) is 0 Å². The standard InChI is InChI=1S/C14H32O6Si/c1-7-15-13-14(16-8-2,17-9-3)21(18-10-4,19-11-5)20-12-6/h7-13H2,1-6H3. The summed E-state index contributed by atoms with van der Waals surface area (Å²) in [6, 6.07) is 0. The summed E-state index contributed by atoms with van der Waals surface area (Å²) >= 11 is 0. The van der Waals surface area contributed by atoms with Gasteiger partial charge in [0.05, 0.1) is 0 Å². The first-order chi connectivity index (χ1) is 10.1. The fourth-order valence-corrected chi connectivity index (χ4v) is 5.09. The molecule has 0 aliphatic heterocycles. The van der Waals surface area contributed by atoms with Gasteiger partial charge in [-0.05, 0) is 41.5 Å². The molecule has 0 aromatic rings. The largest absolute Gasteiger partial charge is 0.566 e. The normalized spacial score (nSPS) is 12.9. The van der Waals surface area contributed by atoms with Gasteiger partial charge in [-0.2, -0.15) is 0 Å². The first kappa shape index (κ1) is 21.0. The summed E-state index contributed by atoms with van der Waals surface area (Å²) in [6.45, 7) is 14.5. The van der Waals surface area contributed by atoms with Crippen LogP contribution < -0.4 is 0 Å². The summed E-state index contributed by atoms with van der Waals surface area (Å²) < 4.78 is 35.3. The molecule has 6 nitrogen and oxygen atoms in total. The van der Waals surface area contributed by atoms with Crippen LogP contribution in [0.3, 0.4) is 0 Å². The Balaban J connectivity index is 5.65. The molecule has 0 amide bonds. The molecule has 0 bridgehead atoms. The molecule has 7 heteroatoms. The zero-order valence-electron chi connectivity index (χ0n) is 14.4. The monoisotopic (exact) mass is 324 g/mol. The van der Waals surface area contributed by atoms with E-state index in [9.17, 15) is 0 Å². The number of hydrogen-bond donors (Lipinski definition) is 0. The third kappa shape index (κ3) is 5.59. The lowest BCUT2D eigenvalue weighted by Gasteiger charge is -2.43. The third-order valence-corrected chi connectivity index (χ3v) is 6.09. The van der Waals surface area contributed by atoms with Crippen LogP contribution in [0.4, 0.5) is 0 Å². The molecule has 128 valence electrons. The molecule has 0 N–H and O–H groups in total. The average molecular weight is 324 g/mol. The van der Waals surface area contributed by atoms with E-state index >= 15 is 0 Å². The van der Waals surface area contributed by atoms with Crippen LogP contribution in [0.2, 0.25) is 0 Å². The Morgan fingerprint density at radius 2 is 1.05 bits per heavy atom. The fraction of sp³-hybridized carbons (Fsp3) is 1.00. The molecule has 0 saturated carbocycles. The van der Waals surface area contributed by atoms with Crippen molar-refractivity contribution >= 4 is 8.80 Å². The van der Waals surface area contributed by atoms with Crippen LogP contribution in [0.5, 0.6) is 0 Å². The zero-order chi connectivity index (χ0) is 16.2. The lowest BCUT2D eigenvalue weighted by Crippen LogP contribution is -2.70. The summed E-state index contributed by atoms with van der Waals surface area (Å²) in [5.41, 5.74) is -1.13. The molecule has 0 aromatic carbocycles. The van der Waals surface area contributed by atoms with E-state index in [4.69, 9.17) is 27.5 Å². The average Bonchev–Trinajstić information content (AvgIpc) is 2.46. The predicted octanol–water partition coefficient (Wildman–Crippen LogP) is 2.38. The zero-order valence-corrected chi connectivity index (χ0v) is 15.4. The van der Waals surface area contributed by atoms with E-state index in [1.54, 1.807) is 0 Å². The highest BCUT2D eigenvalue weighted by Crippen LogP contribution is 2.31. The van der Waals surface area contributed by atoms with Crippen LogP contribution in [-0.4, -0.2) is 60.5 Å². The number of rotatable bonds is 14. The van der Waals surface area contributed by atoms with Gasteiger partial charge in [-0.3, -0.25) is 0 Å². The Morgan fingerprint density at radius 1 is 0.619 bits per heavy atom. The number of hydrogen-bond acceptors (Lipinski definition) is 6. The minimum atomic E-state index is -3.22. The summed E-state index contributed by atoms with van der Waals surface area (Å²) in [5, 5.41) is 0. The molecule has 0 atom stereocenters. The maximum absolute atomic E-state index is 5.94. The Kier molecular flexibility index (Phi) is 11.5. The third-order valence-electron chi connectivity index (χ3n) is 2.72. The first-order valence-electron chi connectivity index (χ1n) is 7.89. The van der Waals surface area contributed by atoms with Gasteiger partial charge in [0.25, 0.3) is 5.41 Å². The molecular weight excluding hydrogens is 292 g/mol. The van der Waals surface area contributed by atoms with Crippen molar-refractivity contribution < 1.29 is 27.5 Å². The Hall–Kier alpha value is -0.0231. The molecule has 0 unspecified atom stereocenters. The van der Waals surface area contributed by atoms with Gasteiger partial charge in [0.1, 0.15) is 6.61 Å². The van der Waals surface area contributed by atoms with Crippen LogP contribution in [0.25, 0.3) is 0 Å². The van der Waals surface area contributed by atoms with Crippen LogP contribution in [0, 0.1) is 0 Å². The van der Waals surface area contributed by atoms with Crippen LogP contribution in [0.1, 0.15) is 41.5 Å². The molecule has 0 radical (unpaired) electrons. The van der Waals surface area contributed by atoms with Gasteiger partial charge in [-0.25, -0.2) is 0 Å². The van der Waals surface area contributed by atoms with E-state index in [1.165, 1.54) is 0 Å². The SMILES string of the molecule is CCOCC(OCC)(OCC)[Si](OCC)(OCC)OCC. The van der Waals surface area contributed by atoms with Gasteiger partial charge in [0.15, 0.2) is 0 Å². The van der Waals surface area contributed by atoms with E-state index < -0.39 is 14.2 Å². The van der Waals surface area contributed by atoms with Gasteiger partial charge in [0.2, 0.25) is 0 Å². The van der Waals surface area contributed by atoms with Crippen LogP contribution in [-0.2, 0) is 27.5 Å². The molecule has 0 aliphatic rings. The van der Waals surface area contributed by atoms with Crippen molar-refractivity contribution in [2.75, 3.05) is 46.2 Å². The van der Waals surface area contributed by atoms with Crippen molar-refractivity contribution in [2.45, 2.75) is 47.0 Å². The lowest BCUT2D eigenvalue weighted by atomic mass is 10.6. The highest BCUT2D eigenvalue weighted by atomic mass is 28.4. The van der Waals surface area contributed by atoms with Crippen molar-refractivity contribution in [3.63, 3.8) is 0 Å². The van der Waals surface area contributed by atoms with Crippen molar-refractivity contribution in [2.24, 2.45) is 0 Å².